The molecule has 1 aromatic rings. The molecule has 0 amide bonds. The molecule has 0 bridgehead atoms. The Morgan fingerprint density at radius 1 is 1.32 bits per heavy atom. The summed E-state index contributed by atoms with van der Waals surface area (Å²) >= 11 is 0. The molecule has 1 fully saturated rings. The molecule has 0 aliphatic heterocycles. The first-order chi connectivity index (χ1) is 8.96. The molecule has 1 aliphatic rings. The third-order valence-corrected chi connectivity index (χ3v) is 4.85. The molecular formula is C12H18N2O4S. The maximum Gasteiger partial charge on any atom is 0.242 e. The first kappa shape index (κ1) is 14.1. The Bertz CT molecular complexity index is 553. The second kappa shape index (κ2) is 5.36. The molecule has 6 nitrogen and oxygen atoms in total. The number of anilines is 1. The lowest BCUT2D eigenvalue weighted by Gasteiger charge is -2.34. The summed E-state index contributed by atoms with van der Waals surface area (Å²) in [6.45, 7) is 0. The zero-order valence-electron chi connectivity index (χ0n) is 10.9. The van der Waals surface area contributed by atoms with Gasteiger partial charge in [-0.1, -0.05) is 0 Å². The van der Waals surface area contributed by atoms with Gasteiger partial charge < -0.3 is 15.2 Å². The van der Waals surface area contributed by atoms with Crippen LogP contribution in [0.1, 0.15) is 12.8 Å². The third-order valence-electron chi connectivity index (χ3n) is 3.26. The summed E-state index contributed by atoms with van der Waals surface area (Å²) < 4.78 is 37.1. The maximum atomic E-state index is 12.2. The zero-order chi connectivity index (χ0) is 14.0. The van der Waals surface area contributed by atoms with Crippen molar-refractivity contribution >= 4 is 15.7 Å². The average Bonchev–Trinajstić information content (AvgIpc) is 2.32. The van der Waals surface area contributed by atoms with Gasteiger partial charge in [-0.25, -0.2) is 13.1 Å². The number of hydrogen-bond donors (Lipinski definition) is 2. The van der Waals surface area contributed by atoms with E-state index in [0.29, 0.717) is 18.6 Å². The molecule has 0 spiro atoms. The quantitative estimate of drug-likeness (QED) is 0.779. The Morgan fingerprint density at radius 3 is 2.53 bits per heavy atom. The van der Waals surface area contributed by atoms with Gasteiger partial charge >= 0.3 is 0 Å². The van der Waals surface area contributed by atoms with Crippen LogP contribution >= 0.6 is 0 Å². The largest absolute Gasteiger partial charge is 0.497 e. The summed E-state index contributed by atoms with van der Waals surface area (Å²) in [6, 6.07) is 4.43. The minimum atomic E-state index is -3.59. The van der Waals surface area contributed by atoms with E-state index in [9.17, 15) is 8.42 Å². The summed E-state index contributed by atoms with van der Waals surface area (Å²) in [5, 5.41) is 0. The molecule has 0 radical (unpaired) electrons. The number of benzene rings is 1. The second-order valence-electron chi connectivity index (χ2n) is 4.55. The molecule has 0 saturated heterocycles. The lowest BCUT2D eigenvalue weighted by atomic mass is 9.90. The van der Waals surface area contributed by atoms with Crippen LogP contribution in [0.4, 0.5) is 5.69 Å². The van der Waals surface area contributed by atoms with E-state index in [4.69, 9.17) is 15.2 Å². The fourth-order valence-electron chi connectivity index (χ4n) is 2.04. The van der Waals surface area contributed by atoms with Crippen LogP contribution in [0.3, 0.4) is 0 Å². The number of hydrogen-bond acceptors (Lipinski definition) is 5. The Morgan fingerprint density at radius 2 is 2.00 bits per heavy atom. The minimum Gasteiger partial charge on any atom is -0.497 e. The minimum absolute atomic E-state index is 0.0779. The molecule has 0 atom stereocenters. The molecule has 1 saturated carbocycles. The van der Waals surface area contributed by atoms with Crippen LogP contribution in [-0.4, -0.2) is 34.8 Å². The van der Waals surface area contributed by atoms with Crippen molar-refractivity contribution in [1.29, 1.82) is 0 Å². The van der Waals surface area contributed by atoms with E-state index in [0.717, 1.165) is 0 Å². The highest BCUT2D eigenvalue weighted by Gasteiger charge is 2.33. The third kappa shape index (κ3) is 2.99. The topological polar surface area (TPSA) is 90.7 Å². The molecule has 0 unspecified atom stereocenters. The van der Waals surface area contributed by atoms with E-state index < -0.39 is 10.0 Å². The SMILES string of the molecule is COc1ccc(S(=O)(=O)NC2CC(OC)C2)c(N)c1. The fraction of sp³-hybridized carbons (Fsp3) is 0.500. The molecule has 1 aliphatic carbocycles. The van der Waals surface area contributed by atoms with E-state index in [1.54, 1.807) is 13.2 Å². The number of nitrogens with two attached hydrogens (primary N) is 1. The Kier molecular flexibility index (Phi) is 3.98. The van der Waals surface area contributed by atoms with Crippen molar-refractivity contribution < 1.29 is 17.9 Å². The van der Waals surface area contributed by atoms with Crippen molar-refractivity contribution in [2.75, 3.05) is 20.0 Å². The molecular weight excluding hydrogens is 268 g/mol. The van der Waals surface area contributed by atoms with Gasteiger partial charge in [0.05, 0.1) is 18.9 Å². The van der Waals surface area contributed by atoms with Crippen LogP contribution in [0.25, 0.3) is 0 Å². The first-order valence-corrected chi connectivity index (χ1v) is 7.43. The molecule has 1 aromatic carbocycles. The highest BCUT2D eigenvalue weighted by atomic mass is 32.2. The Labute approximate surface area is 112 Å². The van der Waals surface area contributed by atoms with E-state index in [-0.39, 0.29) is 22.7 Å². The molecule has 2 rings (SSSR count). The van der Waals surface area contributed by atoms with Crippen molar-refractivity contribution in [2.45, 2.75) is 29.9 Å². The van der Waals surface area contributed by atoms with Crippen molar-refractivity contribution in [3.8, 4) is 5.75 Å². The summed E-state index contributed by atoms with van der Waals surface area (Å²) in [4.78, 5) is 0.0779. The summed E-state index contributed by atoms with van der Waals surface area (Å²) in [7, 11) is -0.471. The van der Waals surface area contributed by atoms with E-state index >= 15 is 0 Å². The van der Waals surface area contributed by atoms with Crippen LogP contribution in [-0.2, 0) is 14.8 Å². The van der Waals surface area contributed by atoms with Gasteiger partial charge in [0.15, 0.2) is 0 Å². The van der Waals surface area contributed by atoms with Crippen LogP contribution in [0.15, 0.2) is 23.1 Å². The Balaban J connectivity index is 2.12. The molecule has 3 N–H and O–H groups in total. The lowest BCUT2D eigenvalue weighted by molar-refractivity contribution is 0.0236. The summed E-state index contributed by atoms with van der Waals surface area (Å²) in [5.74, 6) is 0.527. The highest BCUT2D eigenvalue weighted by Crippen LogP contribution is 2.27. The molecule has 7 heteroatoms. The van der Waals surface area contributed by atoms with Crippen LogP contribution in [0.2, 0.25) is 0 Å². The summed E-state index contributed by atoms with van der Waals surface area (Å²) in [6.07, 6.45) is 1.51. The molecule has 19 heavy (non-hydrogen) atoms. The van der Waals surface area contributed by atoms with Crippen molar-refractivity contribution in [1.82, 2.24) is 4.72 Å². The van der Waals surface area contributed by atoms with Crippen molar-refractivity contribution in [3.05, 3.63) is 18.2 Å². The highest BCUT2D eigenvalue weighted by molar-refractivity contribution is 7.89. The fourth-order valence-corrected chi connectivity index (χ4v) is 3.41. The van der Waals surface area contributed by atoms with Gasteiger partial charge in [0.2, 0.25) is 10.0 Å². The van der Waals surface area contributed by atoms with E-state index in [1.807, 2.05) is 0 Å². The van der Waals surface area contributed by atoms with Gasteiger partial charge in [-0.2, -0.15) is 0 Å². The molecule has 0 aromatic heterocycles. The standard InChI is InChI=1S/C12H18N2O4S/c1-17-9-3-4-12(11(13)7-9)19(15,16)14-8-5-10(6-8)18-2/h3-4,7-8,10,14H,5-6,13H2,1-2H3. The van der Waals surface area contributed by atoms with Crippen LogP contribution < -0.4 is 15.2 Å². The first-order valence-electron chi connectivity index (χ1n) is 5.95. The number of nitrogens with one attached hydrogen (secondary N) is 1. The monoisotopic (exact) mass is 286 g/mol. The smallest absolute Gasteiger partial charge is 0.242 e. The predicted octanol–water partition coefficient (Wildman–Crippen LogP) is 0.733. The zero-order valence-corrected chi connectivity index (χ0v) is 11.7. The Hall–Kier alpha value is -1.31. The van der Waals surface area contributed by atoms with E-state index in [2.05, 4.69) is 4.72 Å². The number of ether oxygens (including phenoxy) is 2. The molecule has 0 heterocycles. The van der Waals surface area contributed by atoms with Gasteiger partial charge in [-0.3, -0.25) is 0 Å². The van der Waals surface area contributed by atoms with Gasteiger partial charge in [0.25, 0.3) is 0 Å². The van der Waals surface area contributed by atoms with Crippen LogP contribution in [0.5, 0.6) is 5.75 Å². The number of methoxy groups -OCH3 is 2. The second-order valence-corrected chi connectivity index (χ2v) is 6.23. The normalized spacial score (nSPS) is 22.8. The predicted molar refractivity (Wildman–Crippen MR) is 71.5 cm³/mol. The number of sulfonamides is 1. The van der Waals surface area contributed by atoms with Crippen molar-refractivity contribution in [2.24, 2.45) is 0 Å². The maximum absolute atomic E-state index is 12.2. The van der Waals surface area contributed by atoms with Gasteiger partial charge in [-0.05, 0) is 25.0 Å². The van der Waals surface area contributed by atoms with Gasteiger partial charge in [0.1, 0.15) is 10.6 Å². The van der Waals surface area contributed by atoms with Gasteiger partial charge in [0, 0.05) is 19.2 Å². The van der Waals surface area contributed by atoms with Crippen molar-refractivity contribution in [3.63, 3.8) is 0 Å². The average molecular weight is 286 g/mol. The number of rotatable bonds is 5. The lowest BCUT2D eigenvalue weighted by Crippen LogP contribution is -2.47. The molecule has 106 valence electrons. The number of nitrogen functional groups attached to an aromatic ring is 1. The summed E-state index contributed by atoms with van der Waals surface area (Å²) in [5.41, 5.74) is 5.92. The van der Waals surface area contributed by atoms with E-state index in [1.165, 1.54) is 19.2 Å². The van der Waals surface area contributed by atoms with Crippen LogP contribution in [0, 0.1) is 0 Å². The van der Waals surface area contributed by atoms with Gasteiger partial charge in [-0.15, -0.1) is 0 Å².